The van der Waals surface area contributed by atoms with E-state index < -0.39 is 0 Å². The van der Waals surface area contributed by atoms with Crippen molar-refractivity contribution in [3.05, 3.63) is 59.9 Å². The van der Waals surface area contributed by atoms with Gasteiger partial charge in [-0.1, -0.05) is 18.2 Å². The van der Waals surface area contributed by atoms with Crippen molar-refractivity contribution in [1.29, 1.82) is 0 Å². The maximum Gasteiger partial charge on any atom is 0.127 e. The number of methoxy groups -OCH3 is 1. The van der Waals surface area contributed by atoms with Crippen LogP contribution < -0.4 is 10.5 Å². The standard InChI is InChI=1S/C16H18FNOS/c1-11(18)16(14-5-3-4-6-15(14)17)20-13-9-7-12(19-2)8-10-13/h3-11,16H,18H2,1-2H3. The molecule has 0 saturated carbocycles. The van der Waals surface area contributed by atoms with Gasteiger partial charge in [0.05, 0.1) is 12.4 Å². The molecule has 0 amide bonds. The Morgan fingerprint density at radius 2 is 1.75 bits per heavy atom. The lowest BCUT2D eigenvalue weighted by molar-refractivity contribution is 0.414. The van der Waals surface area contributed by atoms with Gasteiger partial charge in [0.25, 0.3) is 0 Å². The summed E-state index contributed by atoms with van der Waals surface area (Å²) >= 11 is 1.56. The molecule has 2 atom stereocenters. The van der Waals surface area contributed by atoms with Crippen LogP contribution in [0, 0.1) is 5.82 Å². The highest BCUT2D eigenvalue weighted by Crippen LogP contribution is 2.38. The highest BCUT2D eigenvalue weighted by molar-refractivity contribution is 7.99. The van der Waals surface area contributed by atoms with Crippen LogP contribution in [-0.2, 0) is 0 Å². The third-order valence-electron chi connectivity index (χ3n) is 3.01. The molecule has 2 N–H and O–H groups in total. The molecule has 0 fully saturated rings. The Labute approximate surface area is 123 Å². The first-order valence-corrected chi connectivity index (χ1v) is 7.30. The predicted molar refractivity (Wildman–Crippen MR) is 81.6 cm³/mol. The fourth-order valence-corrected chi connectivity index (χ4v) is 3.08. The summed E-state index contributed by atoms with van der Waals surface area (Å²) in [6.45, 7) is 1.90. The Hall–Kier alpha value is -1.52. The van der Waals surface area contributed by atoms with Gasteiger partial charge in [-0.2, -0.15) is 0 Å². The van der Waals surface area contributed by atoms with E-state index >= 15 is 0 Å². The molecular weight excluding hydrogens is 273 g/mol. The Bertz CT molecular complexity index is 557. The topological polar surface area (TPSA) is 35.2 Å². The molecule has 0 spiro atoms. The number of nitrogens with two attached hydrogens (primary N) is 1. The number of rotatable bonds is 5. The molecule has 0 aromatic heterocycles. The van der Waals surface area contributed by atoms with Crippen molar-refractivity contribution in [3.8, 4) is 5.75 Å². The molecule has 0 aliphatic heterocycles. The van der Waals surface area contributed by atoms with Gasteiger partial charge < -0.3 is 10.5 Å². The summed E-state index contributed by atoms with van der Waals surface area (Å²) < 4.78 is 19.1. The Morgan fingerprint density at radius 1 is 1.10 bits per heavy atom. The maximum atomic E-state index is 13.9. The van der Waals surface area contributed by atoms with Crippen LogP contribution in [0.25, 0.3) is 0 Å². The monoisotopic (exact) mass is 291 g/mol. The van der Waals surface area contributed by atoms with Crippen LogP contribution in [0.4, 0.5) is 4.39 Å². The summed E-state index contributed by atoms with van der Waals surface area (Å²) in [5, 5.41) is -0.121. The van der Waals surface area contributed by atoms with E-state index in [4.69, 9.17) is 10.5 Å². The molecule has 0 radical (unpaired) electrons. The zero-order valence-corrected chi connectivity index (χ0v) is 12.4. The number of benzene rings is 2. The number of hydrogen-bond acceptors (Lipinski definition) is 3. The molecule has 2 rings (SSSR count). The van der Waals surface area contributed by atoms with E-state index in [1.807, 2.05) is 37.3 Å². The normalized spacial score (nSPS) is 13.8. The van der Waals surface area contributed by atoms with Crippen molar-refractivity contribution >= 4 is 11.8 Å². The molecular formula is C16H18FNOS. The van der Waals surface area contributed by atoms with Gasteiger partial charge in [0.1, 0.15) is 11.6 Å². The van der Waals surface area contributed by atoms with Crippen molar-refractivity contribution in [1.82, 2.24) is 0 Å². The van der Waals surface area contributed by atoms with Gasteiger partial charge in [-0.3, -0.25) is 0 Å². The van der Waals surface area contributed by atoms with Crippen LogP contribution in [-0.4, -0.2) is 13.2 Å². The highest BCUT2D eigenvalue weighted by atomic mass is 32.2. The van der Waals surface area contributed by atoms with Crippen LogP contribution in [0.5, 0.6) is 5.75 Å². The smallest absolute Gasteiger partial charge is 0.127 e. The van der Waals surface area contributed by atoms with E-state index in [2.05, 4.69) is 0 Å². The molecule has 0 aliphatic carbocycles. The van der Waals surface area contributed by atoms with Gasteiger partial charge in [-0.15, -0.1) is 11.8 Å². The van der Waals surface area contributed by atoms with E-state index in [1.54, 1.807) is 31.0 Å². The van der Waals surface area contributed by atoms with Crippen LogP contribution in [0.15, 0.2) is 53.4 Å². The Morgan fingerprint density at radius 3 is 2.30 bits per heavy atom. The lowest BCUT2D eigenvalue weighted by atomic mass is 10.1. The molecule has 2 aromatic carbocycles. The van der Waals surface area contributed by atoms with E-state index in [1.165, 1.54) is 6.07 Å². The average molecular weight is 291 g/mol. The fourth-order valence-electron chi connectivity index (χ4n) is 1.96. The molecule has 0 aliphatic rings. The summed E-state index contributed by atoms with van der Waals surface area (Å²) in [6.07, 6.45) is 0. The molecule has 106 valence electrons. The Kier molecular flexibility index (Phi) is 5.04. The van der Waals surface area contributed by atoms with Gasteiger partial charge in [0.2, 0.25) is 0 Å². The van der Waals surface area contributed by atoms with Crippen LogP contribution >= 0.6 is 11.8 Å². The fraction of sp³-hybridized carbons (Fsp3) is 0.250. The first-order valence-electron chi connectivity index (χ1n) is 6.42. The summed E-state index contributed by atoms with van der Waals surface area (Å²) in [5.41, 5.74) is 6.67. The van der Waals surface area contributed by atoms with E-state index in [9.17, 15) is 4.39 Å². The van der Waals surface area contributed by atoms with Gasteiger partial charge >= 0.3 is 0 Å². The molecule has 0 bridgehead atoms. The second-order valence-electron chi connectivity index (χ2n) is 4.59. The first-order chi connectivity index (χ1) is 9.61. The third kappa shape index (κ3) is 3.52. The highest BCUT2D eigenvalue weighted by Gasteiger charge is 2.20. The van der Waals surface area contributed by atoms with Gasteiger partial charge in [0.15, 0.2) is 0 Å². The van der Waals surface area contributed by atoms with Crippen molar-refractivity contribution in [2.75, 3.05) is 7.11 Å². The van der Waals surface area contributed by atoms with Crippen molar-refractivity contribution in [3.63, 3.8) is 0 Å². The zero-order chi connectivity index (χ0) is 14.5. The second-order valence-corrected chi connectivity index (χ2v) is 5.81. The molecule has 2 unspecified atom stereocenters. The van der Waals surface area contributed by atoms with Gasteiger partial charge in [-0.25, -0.2) is 4.39 Å². The first kappa shape index (κ1) is 14.9. The molecule has 0 saturated heterocycles. The van der Waals surface area contributed by atoms with Crippen LogP contribution in [0.3, 0.4) is 0 Å². The average Bonchev–Trinajstić information content (AvgIpc) is 2.46. The summed E-state index contributed by atoms with van der Waals surface area (Å²) in [4.78, 5) is 1.04. The lowest BCUT2D eigenvalue weighted by Crippen LogP contribution is -2.23. The minimum Gasteiger partial charge on any atom is -0.497 e. The number of halogens is 1. The van der Waals surface area contributed by atoms with E-state index in [0.29, 0.717) is 5.56 Å². The Balaban J connectivity index is 2.23. The van der Waals surface area contributed by atoms with Crippen LogP contribution in [0.2, 0.25) is 0 Å². The summed E-state index contributed by atoms with van der Waals surface area (Å²) in [7, 11) is 1.63. The number of thioether (sulfide) groups is 1. The van der Waals surface area contributed by atoms with E-state index in [-0.39, 0.29) is 17.1 Å². The lowest BCUT2D eigenvalue weighted by Gasteiger charge is -2.21. The molecule has 2 nitrogen and oxygen atoms in total. The molecule has 20 heavy (non-hydrogen) atoms. The van der Waals surface area contributed by atoms with Gasteiger partial charge in [0, 0.05) is 16.5 Å². The summed E-state index contributed by atoms with van der Waals surface area (Å²) in [5.74, 6) is 0.591. The van der Waals surface area contributed by atoms with Crippen molar-refractivity contribution in [2.45, 2.75) is 23.1 Å². The largest absolute Gasteiger partial charge is 0.497 e. The van der Waals surface area contributed by atoms with Crippen molar-refractivity contribution < 1.29 is 9.13 Å². The molecule has 0 heterocycles. The van der Waals surface area contributed by atoms with Gasteiger partial charge in [-0.05, 0) is 37.3 Å². The minimum atomic E-state index is -0.212. The SMILES string of the molecule is COc1ccc(SC(c2ccccc2F)C(C)N)cc1. The summed E-state index contributed by atoms with van der Waals surface area (Å²) in [6, 6.07) is 14.3. The zero-order valence-electron chi connectivity index (χ0n) is 11.5. The minimum absolute atomic E-state index is 0.121. The van der Waals surface area contributed by atoms with E-state index in [0.717, 1.165) is 10.6 Å². The quantitative estimate of drug-likeness (QED) is 0.845. The maximum absolute atomic E-state index is 13.9. The predicted octanol–water partition coefficient (Wildman–Crippen LogP) is 4.01. The number of ether oxygens (including phenoxy) is 1. The molecule has 2 aromatic rings. The second kappa shape index (κ2) is 6.77. The third-order valence-corrected chi connectivity index (χ3v) is 4.49. The van der Waals surface area contributed by atoms with Crippen LogP contribution in [0.1, 0.15) is 17.7 Å². The molecule has 4 heteroatoms. The number of hydrogen-bond donors (Lipinski definition) is 1. The van der Waals surface area contributed by atoms with Crippen molar-refractivity contribution in [2.24, 2.45) is 5.73 Å².